The Morgan fingerprint density at radius 1 is 0.773 bits per heavy atom. The van der Waals surface area contributed by atoms with Gasteiger partial charge in [0.15, 0.2) is 0 Å². The molecule has 0 heterocycles. The lowest BCUT2D eigenvalue weighted by Crippen LogP contribution is -2.34. The van der Waals surface area contributed by atoms with E-state index < -0.39 is 42.0 Å². The van der Waals surface area contributed by atoms with Crippen LogP contribution in [0.15, 0.2) is 30.3 Å². The number of nitrogens with one attached hydrogen (secondary N) is 1. The molecular weight excluding hydrogens is 601 g/mol. The fourth-order valence-electron chi connectivity index (χ4n) is 2.72. The van der Waals surface area contributed by atoms with E-state index >= 15 is 0 Å². The minimum absolute atomic E-state index is 0.00749. The van der Waals surface area contributed by atoms with Gasteiger partial charge in [-0.1, -0.05) is 30.3 Å². The number of alkyl halides is 3. The van der Waals surface area contributed by atoms with Crippen molar-refractivity contribution >= 4 is 35.4 Å². The fraction of sp³-hybridized carbons (Fsp3) is 0.556. The molecule has 1 rings (SSSR count). The van der Waals surface area contributed by atoms with Crippen LogP contribution < -0.4 is 11.1 Å². The van der Waals surface area contributed by atoms with E-state index in [4.69, 9.17) is 30.6 Å². The lowest BCUT2D eigenvalue weighted by atomic mass is 10.0. The maximum atomic E-state index is 11.9. The zero-order chi connectivity index (χ0) is 34.9. The molecule has 0 saturated carbocycles. The first kappa shape index (κ1) is 44.5. The van der Waals surface area contributed by atoms with E-state index in [-0.39, 0.29) is 50.1 Å². The number of hydrogen-bond donors (Lipinski definition) is 5. The number of halogens is 3. The number of nitrogens with two attached hydrogens (primary N) is 1. The summed E-state index contributed by atoms with van der Waals surface area (Å²) in [4.78, 5) is 62.7. The van der Waals surface area contributed by atoms with Crippen LogP contribution in [0.3, 0.4) is 0 Å². The zero-order valence-corrected chi connectivity index (χ0v) is 25.1. The summed E-state index contributed by atoms with van der Waals surface area (Å²) >= 11 is 0. The van der Waals surface area contributed by atoms with Crippen LogP contribution in [-0.2, 0) is 49.5 Å². The maximum absolute atomic E-state index is 11.9. The molecule has 6 N–H and O–H groups in total. The molecule has 3 atom stereocenters. The molecule has 0 fully saturated rings. The maximum Gasteiger partial charge on any atom is 0.490 e. The molecule has 0 spiro atoms. The smallest absolute Gasteiger partial charge is 0.481 e. The van der Waals surface area contributed by atoms with Gasteiger partial charge in [0.2, 0.25) is 5.91 Å². The summed E-state index contributed by atoms with van der Waals surface area (Å²) in [6.45, 7) is 3.74. The van der Waals surface area contributed by atoms with E-state index in [2.05, 4.69) is 14.8 Å². The van der Waals surface area contributed by atoms with Crippen molar-refractivity contribution in [1.82, 2.24) is 5.32 Å². The SMILES string of the molecule is COC[C@@H](CC(C)=O)C(=O)NCc1ccccc1.COC[C@@H](CC(C)=O)C(=O)O.COC[C@@H](N)C(=O)O.O=C(O)C(F)(F)F. The minimum Gasteiger partial charge on any atom is -0.481 e. The Hall–Kier alpha value is -3.93. The van der Waals surface area contributed by atoms with Gasteiger partial charge in [-0.15, -0.1) is 0 Å². The van der Waals surface area contributed by atoms with Gasteiger partial charge in [0, 0.05) is 40.7 Å². The number of carboxylic acid groups (broad SMARTS) is 3. The Labute approximate surface area is 252 Å². The molecule has 44 heavy (non-hydrogen) atoms. The van der Waals surface area contributed by atoms with Gasteiger partial charge in [-0.25, -0.2) is 4.79 Å². The van der Waals surface area contributed by atoms with Crippen LogP contribution in [0.25, 0.3) is 0 Å². The molecule has 0 aliphatic heterocycles. The molecule has 0 bridgehead atoms. The van der Waals surface area contributed by atoms with Gasteiger partial charge in [0.25, 0.3) is 0 Å². The average molecular weight is 643 g/mol. The van der Waals surface area contributed by atoms with Crippen molar-refractivity contribution in [2.45, 2.75) is 45.5 Å². The number of carboxylic acids is 3. The second-order valence-electron chi connectivity index (χ2n) is 8.86. The van der Waals surface area contributed by atoms with Gasteiger partial charge < -0.3 is 50.2 Å². The van der Waals surface area contributed by atoms with Gasteiger partial charge >= 0.3 is 24.1 Å². The largest absolute Gasteiger partial charge is 0.490 e. The van der Waals surface area contributed by atoms with Crippen molar-refractivity contribution in [3.8, 4) is 0 Å². The van der Waals surface area contributed by atoms with Crippen molar-refractivity contribution in [3.05, 3.63) is 35.9 Å². The number of hydrogen-bond acceptors (Lipinski definition) is 10. The predicted molar refractivity (Wildman–Crippen MR) is 148 cm³/mol. The first-order valence-corrected chi connectivity index (χ1v) is 12.6. The van der Waals surface area contributed by atoms with Gasteiger partial charge in [0.1, 0.15) is 17.6 Å². The molecule has 0 unspecified atom stereocenters. The molecule has 1 amide bonds. The molecule has 0 saturated heterocycles. The van der Waals surface area contributed by atoms with E-state index in [0.29, 0.717) is 6.54 Å². The lowest BCUT2D eigenvalue weighted by Gasteiger charge is -2.14. The Morgan fingerprint density at radius 3 is 1.50 bits per heavy atom. The summed E-state index contributed by atoms with van der Waals surface area (Å²) in [6.07, 6.45) is -4.82. The van der Waals surface area contributed by atoms with Crippen molar-refractivity contribution in [2.24, 2.45) is 17.6 Å². The second-order valence-corrected chi connectivity index (χ2v) is 8.86. The number of methoxy groups -OCH3 is 3. The van der Waals surface area contributed by atoms with E-state index in [0.717, 1.165) is 5.56 Å². The van der Waals surface area contributed by atoms with Crippen LogP contribution in [0.1, 0.15) is 32.3 Å². The highest BCUT2D eigenvalue weighted by Crippen LogP contribution is 2.13. The Kier molecular flexibility index (Phi) is 25.9. The number of aliphatic carboxylic acids is 3. The zero-order valence-electron chi connectivity index (χ0n) is 25.1. The van der Waals surface area contributed by atoms with E-state index in [1.807, 2.05) is 30.3 Å². The molecule has 17 heteroatoms. The number of Topliss-reactive ketones (excluding diaryl/α,β-unsaturated/α-hetero) is 2. The van der Waals surface area contributed by atoms with Crippen LogP contribution in [0.2, 0.25) is 0 Å². The topological polar surface area (TPSA) is 229 Å². The van der Waals surface area contributed by atoms with E-state index in [9.17, 15) is 37.1 Å². The molecule has 1 aromatic carbocycles. The summed E-state index contributed by atoms with van der Waals surface area (Å²) < 4.78 is 45.8. The average Bonchev–Trinajstić information content (AvgIpc) is 2.92. The number of carbonyl (C=O) groups is 6. The summed E-state index contributed by atoms with van der Waals surface area (Å²) in [5, 5.41) is 26.6. The normalized spacial score (nSPS) is 12.2. The third kappa shape index (κ3) is 26.9. The third-order valence-corrected chi connectivity index (χ3v) is 4.74. The quantitative estimate of drug-likeness (QED) is 0.183. The highest BCUT2D eigenvalue weighted by Gasteiger charge is 2.38. The van der Waals surface area contributed by atoms with Gasteiger partial charge in [-0.05, 0) is 19.4 Å². The minimum atomic E-state index is -5.08. The number of benzene rings is 1. The highest BCUT2D eigenvalue weighted by molar-refractivity contribution is 5.85. The summed E-state index contributed by atoms with van der Waals surface area (Å²) in [7, 11) is 4.34. The molecule has 252 valence electrons. The van der Waals surface area contributed by atoms with Crippen LogP contribution in [0, 0.1) is 11.8 Å². The van der Waals surface area contributed by atoms with Gasteiger partial charge in [-0.2, -0.15) is 13.2 Å². The fourth-order valence-corrected chi connectivity index (χ4v) is 2.72. The number of carbonyl (C=O) groups excluding carboxylic acids is 3. The number of ketones is 2. The molecule has 0 radical (unpaired) electrons. The van der Waals surface area contributed by atoms with E-state index in [1.165, 1.54) is 35.2 Å². The van der Waals surface area contributed by atoms with E-state index in [1.54, 1.807) is 0 Å². The van der Waals surface area contributed by atoms with Gasteiger partial charge in [-0.3, -0.25) is 14.4 Å². The van der Waals surface area contributed by atoms with Crippen molar-refractivity contribution in [1.29, 1.82) is 0 Å². The highest BCUT2D eigenvalue weighted by atomic mass is 19.4. The van der Waals surface area contributed by atoms with Crippen molar-refractivity contribution in [3.63, 3.8) is 0 Å². The molecule has 0 aliphatic carbocycles. The third-order valence-electron chi connectivity index (χ3n) is 4.74. The predicted octanol–water partition coefficient (Wildman–Crippen LogP) is 1.54. The van der Waals surface area contributed by atoms with Crippen LogP contribution in [0.4, 0.5) is 13.2 Å². The molecule has 0 aliphatic rings. The van der Waals surface area contributed by atoms with Crippen LogP contribution in [0.5, 0.6) is 0 Å². The second kappa shape index (κ2) is 25.6. The summed E-state index contributed by atoms with van der Waals surface area (Å²) in [5.41, 5.74) is 6.03. The van der Waals surface area contributed by atoms with Crippen LogP contribution >= 0.6 is 0 Å². The Morgan fingerprint density at radius 2 is 1.18 bits per heavy atom. The summed E-state index contributed by atoms with van der Waals surface area (Å²) in [5.74, 6) is -6.16. The number of ether oxygens (including phenoxy) is 3. The Balaban J connectivity index is -0.000000554. The van der Waals surface area contributed by atoms with Crippen molar-refractivity contribution in [2.75, 3.05) is 41.2 Å². The molecular formula is C27H41F3N2O12. The number of rotatable bonds is 15. The van der Waals surface area contributed by atoms with Crippen molar-refractivity contribution < 1.29 is 71.5 Å². The van der Waals surface area contributed by atoms with Crippen LogP contribution in [-0.4, -0.2) is 104 Å². The first-order valence-electron chi connectivity index (χ1n) is 12.6. The lowest BCUT2D eigenvalue weighted by molar-refractivity contribution is -0.192. The summed E-state index contributed by atoms with van der Waals surface area (Å²) in [6, 6.07) is 8.76. The van der Waals surface area contributed by atoms with Gasteiger partial charge in [0.05, 0.1) is 31.7 Å². The first-order chi connectivity index (χ1) is 20.3. The monoisotopic (exact) mass is 642 g/mol. The molecule has 1 aromatic rings. The standard InChI is InChI=1S/C14H19NO3.C7H12O4.C4H9NO3.C2HF3O2/c1-11(16)8-13(10-18-2)14(17)15-9-12-6-4-3-5-7-12;1-5(8)3-6(4-11-2)7(9)10;1-8-2-3(5)4(6)7;3-2(4,5)1(6)7/h3-7,13H,8-10H2,1-2H3,(H,15,17);6H,3-4H2,1-2H3,(H,9,10);3H,2,5H2,1H3,(H,6,7);(H,6,7)/t13-;6-;3-;/m111./s1. The molecule has 0 aromatic heterocycles. The molecule has 14 nitrogen and oxygen atoms in total. The Bertz CT molecular complexity index is 1010. The number of amides is 1.